The first-order chi connectivity index (χ1) is 8.46. The molecule has 0 saturated carbocycles. The molecule has 1 aromatic rings. The summed E-state index contributed by atoms with van der Waals surface area (Å²) in [5.74, 6) is 0. The third kappa shape index (κ3) is 2.22. The van der Waals surface area contributed by atoms with Crippen molar-refractivity contribution < 1.29 is 8.42 Å². The van der Waals surface area contributed by atoms with E-state index >= 15 is 0 Å². The molecule has 2 unspecified atom stereocenters. The lowest BCUT2D eigenvalue weighted by Gasteiger charge is -2.26. The van der Waals surface area contributed by atoms with E-state index in [-0.39, 0.29) is 22.5 Å². The maximum absolute atomic E-state index is 12.5. The Labute approximate surface area is 107 Å². The van der Waals surface area contributed by atoms with E-state index in [2.05, 4.69) is 4.98 Å². The van der Waals surface area contributed by atoms with Gasteiger partial charge in [-0.1, -0.05) is 6.92 Å². The van der Waals surface area contributed by atoms with Gasteiger partial charge in [0.05, 0.1) is 4.90 Å². The molecule has 2 atom stereocenters. The van der Waals surface area contributed by atoms with Crippen LogP contribution in [-0.2, 0) is 10.0 Å². The summed E-state index contributed by atoms with van der Waals surface area (Å²) in [6, 6.07) is 2.70. The Bertz CT molecular complexity index is 559. The van der Waals surface area contributed by atoms with E-state index in [1.807, 2.05) is 13.8 Å². The zero-order valence-electron chi connectivity index (χ0n) is 10.6. The van der Waals surface area contributed by atoms with Crippen LogP contribution in [0.3, 0.4) is 0 Å². The molecule has 1 N–H and O–H groups in total. The van der Waals surface area contributed by atoms with Gasteiger partial charge in [-0.3, -0.25) is 4.79 Å². The fourth-order valence-corrected chi connectivity index (χ4v) is 4.46. The molecule has 18 heavy (non-hydrogen) atoms. The second-order valence-electron chi connectivity index (χ2n) is 4.71. The minimum Gasteiger partial charge on any atom is -0.328 e. The molecule has 0 aromatic carbocycles. The van der Waals surface area contributed by atoms with Crippen LogP contribution in [0.5, 0.6) is 0 Å². The average Bonchev–Trinajstić information content (AvgIpc) is 2.71. The summed E-state index contributed by atoms with van der Waals surface area (Å²) in [7, 11) is -3.50. The van der Waals surface area contributed by atoms with Gasteiger partial charge in [0.2, 0.25) is 15.6 Å². The number of nitrogens with one attached hydrogen (secondary N) is 1. The fourth-order valence-electron chi connectivity index (χ4n) is 2.54. The van der Waals surface area contributed by atoms with Crippen LogP contribution in [-0.4, -0.2) is 29.8 Å². The molecule has 1 aliphatic rings. The molecule has 1 aliphatic heterocycles. The van der Waals surface area contributed by atoms with Crippen molar-refractivity contribution in [3.63, 3.8) is 0 Å². The fraction of sp³-hybridized carbons (Fsp3) is 0.583. The van der Waals surface area contributed by atoms with Gasteiger partial charge in [-0.15, -0.1) is 0 Å². The predicted molar refractivity (Wildman–Crippen MR) is 68.9 cm³/mol. The van der Waals surface area contributed by atoms with E-state index in [0.717, 1.165) is 19.3 Å². The number of nitrogens with zero attached hydrogens (tertiary/aromatic N) is 1. The van der Waals surface area contributed by atoms with Gasteiger partial charge >= 0.3 is 0 Å². The van der Waals surface area contributed by atoms with Gasteiger partial charge in [-0.2, -0.15) is 4.31 Å². The Hall–Kier alpha value is -1.14. The molecule has 6 heteroatoms. The Morgan fingerprint density at radius 2 is 2.11 bits per heavy atom. The summed E-state index contributed by atoms with van der Waals surface area (Å²) in [4.78, 5) is 13.6. The smallest absolute Gasteiger partial charge is 0.247 e. The van der Waals surface area contributed by atoms with E-state index in [0.29, 0.717) is 0 Å². The number of aromatic amines is 1. The van der Waals surface area contributed by atoms with Gasteiger partial charge in [0.25, 0.3) is 0 Å². The summed E-state index contributed by atoms with van der Waals surface area (Å²) < 4.78 is 26.6. The summed E-state index contributed by atoms with van der Waals surface area (Å²) in [5.41, 5.74) is -0.296. The molecule has 2 heterocycles. The van der Waals surface area contributed by atoms with Crippen molar-refractivity contribution in [3.05, 3.63) is 28.7 Å². The van der Waals surface area contributed by atoms with Gasteiger partial charge in [0.15, 0.2) is 0 Å². The molecule has 2 rings (SSSR count). The molecule has 1 fully saturated rings. The first kappa shape index (κ1) is 13.3. The SMILES string of the molecule is CCC1CCC(C)N1S(=O)(=O)c1ccc(=O)[nH]c1. The van der Waals surface area contributed by atoms with E-state index in [1.165, 1.54) is 18.3 Å². The van der Waals surface area contributed by atoms with Crippen LogP contribution >= 0.6 is 0 Å². The lowest BCUT2D eigenvalue weighted by molar-refractivity contribution is 0.328. The van der Waals surface area contributed by atoms with Gasteiger partial charge < -0.3 is 4.98 Å². The molecule has 1 saturated heterocycles. The van der Waals surface area contributed by atoms with Gasteiger partial charge in [0, 0.05) is 24.3 Å². The second kappa shape index (κ2) is 4.85. The van der Waals surface area contributed by atoms with Crippen LogP contribution in [0.2, 0.25) is 0 Å². The topological polar surface area (TPSA) is 70.2 Å². The van der Waals surface area contributed by atoms with Crippen LogP contribution in [0.25, 0.3) is 0 Å². The second-order valence-corrected chi connectivity index (χ2v) is 6.56. The number of sulfonamides is 1. The van der Waals surface area contributed by atoms with Crippen molar-refractivity contribution in [2.45, 2.75) is 50.1 Å². The van der Waals surface area contributed by atoms with Crippen LogP contribution < -0.4 is 5.56 Å². The largest absolute Gasteiger partial charge is 0.328 e. The lowest BCUT2D eigenvalue weighted by atomic mass is 10.2. The first-order valence-corrected chi connectivity index (χ1v) is 7.63. The number of aromatic nitrogens is 1. The van der Waals surface area contributed by atoms with E-state index in [1.54, 1.807) is 4.31 Å². The molecule has 0 aliphatic carbocycles. The number of hydrogen-bond acceptors (Lipinski definition) is 3. The highest BCUT2D eigenvalue weighted by Crippen LogP contribution is 2.31. The number of rotatable bonds is 3. The summed E-state index contributed by atoms with van der Waals surface area (Å²) in [6.07, 6.45) is 3.88. The van der Waals surface area contributed by atoms with Crippen molar-refractivity contribution >= 4 is 10.0 Å². The number of hydrogen-bond donors (Lipinski definition) is 1. The van der Waals surface area contributed by atoms with Crippen molar-refractivity contribution in [2.24, 2.45) is 0 Å². The predicted octanol–water partition coefficient (Wildman–Crippen LogP) is 1.33. The average molecular weight is 270 g/mol. The van der Waals surface area contributed by atoms with Crippen molar-refractivity contribution in [3.8, 4) is 0 Å². The third-order valence-electron chi connectivity index (χ3n) is 3.51. The first-order valence-electron chi connectivity index (χ1n) is 6.19. The molecule has 0 amide bonds. The van der Waals surface area contributed by atoms with Crippen LogP contribution in [0, 0.1) is 0 Å². The highest BCUT2D eigenvalue weighted by molar-refractivity contribution is 7.89. The molecule has 1 aromatic heterocycles. The van der Waals surface area contributed by atoms with Crippen LogP contribution in [0.15, 0.2) is 28.0 Å². The minimum atomic E-state index is -3.50. The Morgan fingerprint density at radius 1 is 1.39 bits per heavy atom. The summed E-state index contributed by atoms with van der Waals surface area (Å²) in [5, 5.41) is 0. The molecule has 0 bridgehead atoms. The van der Waals surface area contributed by atoms with Crippen molar-refractivity contribution in [1.29, 1.82) is 0 Å². The minimum absolute atomic E-state index is 0.0203. The molecular formula is C12H18N2O3S. The normalized spacial score (nSPS) is 25.4. The Kier molecular flexibility index (Phi) is 3.59. The standard InChI is InChI=1S/C12H18N2O3S/c1-3-10-5-4-9(2)14(10)18(16,17)11-6-7-12(15)13-8-11/h6-10H,3-5H2,1-2H3,(H,13,15). The molecular weight excluding hydrogens is 252 g/mol. The molecule has 5 nitrogen and oxygen atoms in total. The van der Waals surface area contributed by atoms with Crippen molar-refractivity contribution in [2.75, 3.05) is 0 Å². The maximum atomic E-state index is 12.5. The lowest BCUT2D eigenvalue weighted by Crippen LogP contribution is -2.39. The van der Waals surface area contributed by atoms with Gasteiger partial charge in [-0.05, 0) is 32.3 Å². The van der Waals surface area contributed by atoms with Crippen molar-refractivity contribution in [1.82, 2.24) is 9.29 Å². The van der Waals surface area contributed by atoms with E-state index in [9.17, 15) is 13.2 Å². The van der Waals surface area contributed by atoms with E-state index in [4.69, 9.17) is 0 Å². The Morgan fingerprint density at radius 3 is 2.67 bits per heavy atom. The highest BCUT2D eigenvalue weighted by Gasteiger charge is 2.39. The van der Waals surface area contributed by atoms with E-state index < -0.39 is 10.0 Å². The maximum Gasteiger partial charge on any atom is 0.247 e. The number of H-pyrrole nitrogens is 1. The monoisotopic (exact) mass is 270 g/mol. The third-order valence-corrected chi connectivity index (χ3v) is 5.58. The quantitative estimate of drug-likeness (QED) is 0.900. The number of pyridine rings is 1. The molecule has 0 spiro atoms. The zero-order chi connectivity index (χ0) is 13.3. The summed E-state index contributed by atoms with van der Waals surface area (Å²) >= 11 is 0. The van der Waals surface area contributed by atoms with Crippen LogP contribution in [0.1, 0.15) is 33.1 Å². The highest BCUT2D eigenvalue weighted by atomic mass is 32.2. The van der Waals surface area contributed by atoms with Crippen LogP contribution in [0.4, 0.5) is 0 Å². The molecule has 0 radical (unpaired) electrons. The van der Waals surface area contributed by atoms with Gasteiger partial charge in [0.1, 0.15) is 0 Å². The summed E-state index contributed by atoms with van der Waals surface area (Å²) in [6.45, 7) is 3.93. The molecule has 100 valence electrons. The Balaban J connectivity index is 2.41. The zero-order valence-corrected chi connectivity index (χ0v) is 11.4. The van der Waals surface area contributed by atoms with Gasteiger partial charge in [-0.25, -0.2) is 8.42 Å².